The summed E-state index contributed by atoms with van der Waals surface area (Å²) < 4.78 is 11.8. The lowest BCUT2D eigenvalue weighted by Crippen LogP contribution is -2.50. The van der Waals surface area contributed by atoms with Crippen molar-refractivity contribution in [2.75, 3.05) is 18.6 Å². The van der Waals surface area contributed by atoms with Crippen molar-refractivity contribution < 1.29 is 14.6 Å². The standard InChI is InChI=1S/C46H41N3O4/c1-52-40-27-25-39(26-28-40)46(37-20-10-4-11-21-37,38-22-12-5-13-23-38)49(42-29-31-47-45(51)48-42)32-30-43(50)53-41-24-14-19-36(33-41)44(34-15-6-2-7-16-34)35-17-8-3-9-18-35/h2-29,31,33,43-44,50H,30,32H2,1H3,(H,47,48,51). The van der Waals surface area contributed by atoms with Gasteiger partial charge in [0.05, 0.1) is 7.11 Å². The Labute approximate surface area is 309 Å². The number of nitrogens with one attached hydrogen (secondary N) is 1. The highest BCUT2D eigenvalue weighted by atomic mass is 16.6. The lowest BCUT2D eigenvalue weighted by molar-refractivity contribution is -0.0217. The Morgan fingerprint density at radius 3 is 1.72 bits per heavy atom. The van der Waals surface area contributed by atoms with Crippen molar-refractivity contribution in [2.45, 2.75) is 24.2 Å². The molecule has 0 bridgehead atoms. The molecular weight excluding hydrogens is 659 g/mol. The van der Waals surface area contributed by atoms with E-state index in [1.165, 1.54) is 6.20 Å². The van der Waals surface area contributed by atoms with Crippen LogP contribution in [0.4, 0.5) is 5.82 Å². The van der Waals surface area contributed by atoms with Crippen molar-refractivity contribution in [2.24, 2.45) is 0 Å². The molecule has 2 N–H and O–H groups in total. The topological polar surface area (TPSA) is 87.7 Å². The highest BCUT2D eigenvalue weighted by molar-refractivity contribution is 5.61. The van der Waals surface area contributed by atoms with Gasteiger partial charge in [0.15, 0.2) is 6.29 Å². The van der Waals surface area contributed by atoms with Crippen LogP contribution in [0.3, 0.4) is 0 Å². The number of H-pyrrole nitrogens is 1. The van der Waals surface area contributed by atoms with Crippen molar-refractivity contribution in [1.82, 2.24) is 9.97 Å². The highest BCUT2D eigenvalue weighted by Crippen LogP contribution is 2.45. The van der Waals surface area contributed by atoms with Gasteiger partial charge in [-0.1, -0.05) is 146 Å². The maximum atomic E-state index is 12.8. The summed E-state index contributed by atoms with van der Waals surface area (Å²) in [6.07, 6.45) is 0.533. The molecule has 0 aliphatic carbocycles. The monoisotopic (exact) mass is 699 g/mol. The summed E-state index contributed by atoms with van der Waals surface area (Å²) in [5.74, 6) is 1.80. The number of anilines is 1. The predicted octanol–water partition coefficient (Wildman–Crippen LogP) is 8.54. The van der Waals surface area contributed by atoms with Crippen molar-refractivity contribution in [1.29, 1.82) is 0 Å². The van der Waals surface area contributed by atoms with Gasteiger partial charge in [0.2, 0.25) is 0 Å². The second-order valence-electron chi connectivity index (χ2n) is 12.8. The molecule has 7 nitrogen and oxygen atoms in total. The third-order valence-electron chi connectivity index (χ3n) is 9.57. The average Bonchev–Trinajstić information content (AvgIpc) is 3.21. The number of aromatic amines is 1. The molecule has 0 saturated heterocycles. The highest BCUT2D eigenvalue weighted by Gasteiger charge is 2.43. The summed E-state index contributed by atoms with van der Waals surface area (Å²) in [4.78, 5) is 21.8. The Bertz CT molecular complexity index is 2170. The Kier molecular flexibility index (Phi) is 10.7. The molecule has 1 aromatic heterocycles. The summed E-state index contributed by atoms with van der Waals surface area (Å²) in [5, 5.41) is 11.6. The van der Waals surface area contributed by atoms with E-state index in [4.69, 9.17) is 9.47 Å². The predicted molar refractivity (Wildman–Crippen MR) is 209 cm³/mol. The van der Waals surface area contributed by atoms with Crippen LogP contribution in [0.1, 0.15) is 45.7 Å². The van der Waals surface area contributed by atoms with Crippen molar-refractivity contribution >= 4 is 5.82 Å². The van der Waals surface area contributed by atoms with Gasteiger partial charge in [-0.25, -0.2) is 9.78 Å². The van der Waals surface area contributed by atoms with Gasteiger partial charge in [-0.3, -0.25) is 4.98 Å². The van der Waals surface area contributed by atoms with E-state index >= 15 is 0 Å². The Morgan fingerprint density at radius 2 is 1.17 bits per heavy atom. The fourth-order valence-electron chi connectivity index (χ4n) is 7.24. The van der Waals surface area contributed by atoms with E-state index in [0.29, 0.717) is 11.6 Å². The van der Waals surface area contributed by atoms with Crippen LogP contribution < -0.4 is 20.1 Å². The van der Waals surface area contributed by atoms with Crippen LogP contribution in [0.2, 0.25) is 0 Å². The normalized spacial score (nSPS) is 11.9. The summed E-state index contributed by atoms with van der Waals surface area (Å²) in [6.45, 7) is 0.285. The lowest BCUT2D eigenvalue weighted by Gasteiger charge is -2.47. The molecule has 0 aliphatic rings. The second-order valence-corrected chi connectivity index (χ2v) is 12.8. The van der Waals surface area contributed by atoms with Gasteiger partial charge in [0.1, 0.15) is 22.9 Å². The number of benzene rings is 6. The number of methoxy groups -OCH3 is 1. The van der Waals surface area contributed by atoms with Crippen LogP contribution >= 0.6 is 0 Å². The zero-order valence-electron chi connectivity index (χ0n) is 29.5. The fraction of sp³-hybridized carbons (Fsp3) is 0.130. The third kappa shape index (κ3) is 7.61. The minimum absolute atomic E-state index is 0.0149. The molecule has 6 aromatic carbocycles. The average molecular weight is 700 g/mol. The number of aliphatic hydroxyl groups is 1. The van der Waals surface area contributed by atoms with Gasteiger partial charge in [-0.05, 0) is 63.7 Å². The number of aromatic nitrogens is 2. The van der Waals surface area contributed by atoms with Crippen LogP contribution in [-0.4, -0.2) is 35.0 Å². The summed E-state index contributed by atoms with van der Waals surface area (Å²) >= 11 is 0. The maximum absolute atomic E-state index is 12.8. The minimum atomic E-state index is -1.17. The van der Waals surface area contributed by atoms with Crippen LogP contribution in [0.15, 0.2) is 187 Å². The zero-order chi connectivity index (χ0) is 36.5. The first kappa shape index (κ1) is 35.0. The van der Waals surface area contributed by atoms with Crippen LogP contribution in [0.5, 0.6) is 11.5 Å². The van der Waals surface area contributed by atoms with Gasteiger partial charge >= 0.3 is 5.69 Å². The Balaban J connectivity index is 1.27. The number of hydrogen-bond acceptors (Lipinski definition) is 6. The molecule has 1 heterocycles. The van der Waals surface area contributed by atoms with Gasteiger partial charge in [-0.15, -0.1) is 0 Å². The molecule has 0 saturated carbocycles. The number of rotatable bonds is 14. The largest absolute Gasteiger partial charge is 0.497 e. The van der Waals surface area contributed by atoms with Crippen molar-refractivity contribution in [3.8, 4) is 11.5 Å². The summed E-state index contributed by atoms with van der Waals surface area (Å²) in [6, 6.07) is 58.8. The van der Waals surface area contributed by atoms with E-state index < -0.39 is 17.5 Å². The first-order valence-electron chi connectivity index (χ1n) is 17.7. The zero-order valence-corrected chi connectivity index (χ0v) is 29.5. The number of aliphatic hydroxyl groups excluding tert-OH is 1. The molecule has 7 heteroatoms. The first-order valence-corrected chi connectivity index (χ1v) is 17.7. The molecule has 0 fully saturated rings. The number of ether oxygens (including phenoxy) is 2. The summed E-state index contributed by atoms with van der Waals surface area (Å²) in [5.41, 5.74) is 4.80. The maximum Gasteiger partial charge on any atom is 0.346 e. The van der Waals surface area contributed by atoms with E-state index in [2.05, 4.69) is 69.5 Å². The van der Waals surface area contributed by atoms with Gasteiger partial charge in [-0.2, -0.15) is 0 Å². The smallest absolute Gasteiger partial charge is 0.346 e. The van der Waals surface area contributed by atoms with E-state index in [-0.39, 0.29) is 18.9 Å². The molecular formula is C46H41N3O4. The van der Waals surface area contributed by atoms with Gasteiger partial charge < -0.3 is 19.5 Å². The van der Waals surface area contributed by atoms with Crippen molar-refractivity contribution in [3.05, 3.63) is 226 Å². The molecule has 1 atom stereocenters. The van der Waals surface area contributed by atoms with Crippen LogP contribution in [0.25, 0.3) is 0 Å². The quantitative estimate of drug-likeness (QED) is 0.0874. The molecule has 0 aliphatic heterocycles. The molecule has 53 heavy (non-hydrogen) atoms. The van der Waals surface area contributed by atoms with E-state index in [9.17, 15) is 9.90 Å². The Hall–Kier alpha value is -6.44. The second kappa shape index (κ2) is 16.3. The molecule has 0 spiro atoms. The summed E-state index contributed by atoms with van der Waals surface area (Å²) in [7, 11) is 1.64. The van der Waals surface area contributed by atoms with E-state index in [1.54, 1.807) is 13.2 Å². The van der Waals surface area contributed by atoms with Crippen molar-refractivity contribution in [3.63, 3.8) is 0 Å². The lowest BCUT2D eigenvalue weighted by atomic mass is 9.75. The molecule has 0 radical (unpaired) electrons. The minimum Gasteiger partial charge on any atom is -0.497 e. The molecule has 7 aromatic rings. The Morgan fingerprint density at radius 1 is 0.642 bits per heavy atom. The van der Waals surface area contributed by atoms with E-state index in [0.717, 1.165) is 39.1 Å². The van der Waals surface area contributed by atoms with Gasteiger partial charge in [0, 0.05) is 25.1 Å². The van der Waals surface area contributed by atoms with Gasteiger partial charge in [0.25, 0.3) is 0 Å². The third-order valence-corrected chi connectivity index (χ3v) is 9.57. The SMILES string of the molecule is COc1ccc(C(c2ccccc2)(c2ccccc2)N(CCC(O)Oc2cccc(C(c3ccccc3)c3ccccc3)c2)c2ccnc(=O)[nH]2)cc1. The molecule has 1 unspecified atom stereocenters. The van der Waals surface area contributed by atoms with Crippen LogP contribution in [-0.2, 0) is 5.54 Å². The molecule has 7 rings (SSSR count). The van der Waals surface area contributed by atoms with E-state index in [1.807, 2.05) is 115 Å². The molecule has 264 valence electrons. The van der Waals surface area contributed by atoms with Crippen LogP contribution in [0, 0.1) is 0 Å². The molecule has 0 amide bonds. The number of hydrogen-bond donors (Lipinski definition) is 2. The first-order chi connectivity index (χ1) is 26.1. The fourth-order valence-corrected chi connectivity index (χ4v) is 7.24. The number of nitrogens with zero attached hydrogens (tertiary/aromatic N) is 2.